The maximum atomic E-state index is 12.8. The number of aromatic nitrogens is 1. The van der Waals surface area contributed by atoms with Gasteiger partial charge in [0.05, 0.1) is 21.3 Å². The van der Waals surface area contributed by atoms with E-state index >= 15 is 0 Å². The Labute approximate surface area is 154 Å². The van der Waals surface area contributed by atoms with Gasteiger partial charge in [0.25, 0.3) is 0 Å². The summed E-state index contributed by atoms with van der Waals surface area (Å²) in [5.74, 6) is 1.17. The van der Waals surface area contributed by atoms with Crippen LogP contribution < -0.4 is 14.2 Å². The first-order valence-corrected chi connectivity index (χ1v) is 8.55. The number of carbonyl (C=O) groups is 1. The van der Waals surface area contributed by atoms with Crippen LogP contribution in [-0.4, -0.2) is 37.2 Å². The molecule has 0 radical (unpaired) electrons. The van der Waals surface area contributed by atoms with E-state index < -0.39 is 0 Å². The first-order chi connectivity index (χ1) is 12.6. The van der Waals surface area contributed by atoms with Crippen molar-refractivity contribution < 1.29 is 24.1 Å². The monoisotopic (exact) mass is 371 g/mol. The van der Waals surface area contributed by atoms with Gasteiger partial charge in [0.1, 0.15) is 16.5 Å². The summed E-state index contributed by atoms with van der Waals surface area (Å²) in [6.07, 6.45) is 0. The quantitative estimate of drug-likeness (QED) is 0.665. The maximum absolute atomic E-state index is 12.8. The molecule has 0 amide bonds. The molecule has 3 rings (SSSR count). The molecule has 26 heavy (non-hydrogen) atoms. The van der Waals surface area contributed by atoms with Gasteiger partial charge in [0, 0.05) is 16.5 Å². The molecule has 0 saturated carbocycles. The highest BCUT2D eigenvalue weighted by Crippen LogP contribution is 2.39. The van der Waals surface area contributed by atoms with Crippen LogP contribution >= 0.6 is 11.3 Å². The van der Waals surface area contributed by atoms with Gasteiger partial charge in [-0.1, -0.05) is 0 Å². The molecule has 0 atom stereocenters. The van der Waals surface area contributed by atoms with Gasteiger partial charge in [-0.3, -0.25) is 4.79 Å². The average molecular weight is 371 g/mol. The third-order valence-corrected chi connectivity index (χ3v) is 4.67. The molecule has 3 aromatic rings. The van der Waals surface area contributed by atoms with Crippen molar-refractivity contribution in [2.45, 2.75) is 0 Å². The summed E-state index contributed by atoms with van der Waals surface area (Å²) < 4.78 is 15.9. The molecule has 0 saturated heterocycles. The van der Waals surface area contributed by atoms with Gasteiger partial charge < -0.3 is 19.3 Å². The summed E-state index contributed by atoms with van der Waals surface area (Å²) in [4.78, 5) is 17.2. The number of carbonyl (C=O) groups excluding carboxylic acids is 1. The largest absolute Gasteiger partial charge is 0.508 e. The van der Waals surface area contributed by atoms with Gasteiger partial charge in [0.2, 0.25) is 11.5 Å². The van der Waals surface area contributed by atoms with E-state index in [4.69, 9.17) is 14.2 Å². The zero-order valence-electron chi connectivity index (χ0n) is 14.5. The molecule has 0 aliphatic heterocycles. The van der Waals surface area contributed by atoms with Crippen LogP contribution in [0.5, 0.6) is 23.0 Å². The summed E-state index contributed by atoms with van der Waals surface area (Å²) in [5.41, 5.74) is 1.55. The minimum atomic E-state index is -0.245. The maximum Gasteiger partial charge on any atom is 0.212 e. The Kier molecular flexibility index (Phi) is 5.09. The van der Waals surface area contributed by atoms with Crippen molar-refractivity contribution in [3.05, 3.63) is 53.0 Å². The molecule has 0 aliphatic carbocycles. The van der Waals surface area contributed by atoms with Crippen molar-refractivity contribution in [2.75, 3.05) is 21.3 Å². The van der Waals surface area contributed by atoms with Crippen LogP contribution in [0.1, 0.15) is 16.1 Å². The van der Waals surface area contributed by atoms with E-state index in [1.165, 1.54) is 32.7 Å². The number of benzene rings is 2. The molecular weight excluding hydrogens is 354 g/mol. The standard InChI is InChI=1S/C19H17NO5S/c1-23-15-8-12(9-16(24-2)18(15)25-3)17(22)14-10-26-19(20-14)11-4-6-13(21)7-5-11/h4-10,21H,1-3H3. The summed E-state index contributed by atoms with van der Waals surface area (Å²) in [6.45, 7) is 0. The van der Waals surface area contributed by atoms with E-state index in [2.05, 4.69) is 4.98 Å². The Morgan fingerprint density at radius 2 is 1.62 bits per heavy atom. The minimum absolute atomic E-state index is 0.180. The van der Waals surface area contributed by atoms with Crippen LogP contribution in [0.2, 0.25) is 0 Å². The zero-order valence-corrected chi connectivity index (χ0v) is 15.3. The topological polar surface area (TPSA) is 77.9 Å². The van der Waals surface area contributed by atoms with Crippen molar-refractivity contribution in [3.8, 4) is 33.6 Å². The lowest BCUT2D eigenvalue weighted by Gasteiger charge is -2.13. The third kappa shape index (κ3) is 3.34. The Balaban J connectivity index is 1.96. The van der Waals surface area contributed by atoms with Crippen LogP contribution in [0.15, 0.2) is 41.8 Å². The minimum Gasteiger partial charge on any atom is -0.508 e. The Morgan fingerprint density at radius 3 is 2.15 bits per heavy atom. The highest BCUT2D eigenvalue weighted by molar-refractivity contribution is 7.13. The Hall–Kier alpha value is -3.06. The first-order valence-electron chi connectivity index (χ1n) is 7.67. The number of hydrogen-bond donors (Lipinski definition) is 1. The van der Waals surface area contributed by atoms with Gasteiger partial charge in [-0.25, -0.2) is 4.98 Å². The fourth-order valence-corrected chi connectivity index (χ4v) is 3.28. The summed E-state index contributed by atoms with van der Waals surface area (Å²) in [7, 11) is 4.50. The number of phenolic OH excluding ortho intramolecular Hbond substituents is 1. The van der Waals surface area contributed by atoms with E-state index in [0.717, 1.165) is 5.56 Å². The lowest BCUT2D eigenvalue weighted by Crippen LogP contribution is -2.04. The van der Waals surface area contributed by atoms with Crippen molar-refractivity contribution in [1.29, 1.82) is 0 Å². The van der Waals surface area contributed by atoms with Crippen LogP contribution in [0, 0.1) is 0 Å². The van der Waals surface area contributed by atoms with Crippen molar-refractivity contribution in [1.82, 2.24) is 4.98 Å². The Bertz CT molecular complexity index is 908. The van der Waals surface area contributed by atoms with Crippen molar-refractivity contribution >= 4 is 17.1 Å². The normalized spacial score (nSPS) is 10.4. The van der Waals surface area contributed by atoms with Crippen LogP contribution in [0.4, 0.5) is 0 Å². The number of ether oxygens (including phenoxy) is 3. The second-order valence-electron chi connectivity index (χ2n) is 5.33. The molecule has 0 bridgehead atoms. The summed E-state index contributed by atoms with van der Waals surface area (Å²) in [5, 5.41) is 11.8. The fourth-order valence-electron chi connectivity index (χ4n) is 2.47. The van der Waals surface area contributed by atoms with E-state index in [0.29, 0.717) is 33.5 Å². The Morgan fingerprint density at radius 1 is 1.00 bits per heavy atom. The molecule has 0 unspecified atom stereocenters. The molecule has 0 aliphatic rings. The average Bonchev–Trinajstić information content (AvgIpc) is 3.16. The van der Waals surface area contributed by atoms with Crippen molar-refractivity contribution in [3.63, 3.8) is 0 Å². The first kappa shape index (κ1) is 17.8. The number of rotatable bonds is 6. The molecule has 1 heterocycles. The van der Waals surface area contributed by atoms with Gasteiger partial charge in [-0.2, -0.15) is 0 Å². The smallest absolute Gasteiger partial charge is 0.212 e. The number of phenols is 1. The summed E-state index contributed by atoms with van der Waals surface area (Å²) in [6, 6.07) is 9.87. The van der Waals surface area contributed by atoms with Gasteiger partial charge in [0.15, 0.2) is 11.5 Å². The van der Waals surface area contributed by atoms with Gasteiger partial charge >= 0.3 is 0 Å². The number of methoxy groups -OCH3 is 3. The van der Waals surface area contributed by atoms with Crippen molar-refractivity contribution in [2.24, 2.45) is 0 Å². The molecule has 6 nitrogen and oxygen atoms in total. The van der Waals surface area contributed by atoms with E-state index in [9.17, 15) is 9.90 Å². The molecule has 7 heteroatoms. The highest BCUT2D eigenvalue weighted by atomic mass is 32.1. The lowest BCUT2D eigenvalue weighted by molar-refractivity contribution is 0.103. The third-order valence-electron chi connectivity index (χ3n) is 3.78. The predicted octanol–water partition coefficient (Wildman–Crippen LogP) is 3.77. The van der Waals surface area contributed by atoms with E-state index in [1.807, 2.05) is 0 Å². The second kappa shape index (κ2) is 7.45. The number of aromatic hydroxyl groups is 1. The van der Waals surface area contributed by atoms with E-state index in [1.54, 1.807) is 41.8 Å². The number of ketones is 1. The SMILES string of the molecule is COc1cc(C(=O)c2csc(-c3ccc(O)cc3)n2)cc(OC)c1OC. The number of thiazole rings is 1. The molecule has 0 fully saturated rings. The van der Waals surface area contributed by atoms with Gasteiger partial charge in [-0.05, 0) is 36.4 Å². The molecular formula is C19H17NO5S. The highest BCUT2D eigenvalue weighted by Gasteiger charge is 2.20. The lowest BCUT2D eigenvalue weighted by atomic mass is 10.1. The molecule has 2 aromatic carbocycles. The predicted molar refractivity (Wildman–Crippen MR) is 98.7 cm³/mol. The molecule has 0 spiro atoms. The van der Waals surface area contributed by atoms with Crippen LogP contribution in [-0.2, 0) is 0 Å². The van der Waals surface area contributed by atoms with Gasteiger partial charge in [-0.15, -0.1) is 11.3 Å². The second-order valence-corrected chi connectivity index (χ2v) is 6.19. The van der Waals surface area contributed by atoms with E-state index in [-0.39, 0.29) is 11.5 Å². The molecule has 1 N–H and O–H groups in total. The van der Waals surface area contributed by atoms with Crippen LogP contribution in [0.25, 0.3) is 10.6 Å². The number of hydrogen-bond acceptors (Lipinski definition) is 7. The molecule has 134 valence electrons. The molecule has 1 aromatic heterocycles. The summed E-state index contributed by atoms with van der Waals surface area (Å²) >= 11 is 1.36. The number of nitrogens with zero attached hydrogens (tertiary/aromatic N) is 1. The zero-order chi connectivity index (χ0) is 18.7. The van der Waals surface area contributed by atoms with Crippen LogP contribution in [0.3, 0.4) is 0 Å². The fraction of sp³-hybridized carbons (Fsp3) is 0.158.